The van der Waals surface area contributed by atoms with Crippen molar-refractivity contribution in [2.75, 3.05) is 19.6 Å². The Morgan fingerprint density at radius 2 is 1.88 bits per heavy atom. The van der Waals surface area contributed by atoms with E-state index in [2.05, 4.69) is 37.9 Å². The number of hydrogen-bond acceptors (Lipinski definition) is 2. The monoisotopic (exact) mass is 226 g/mol. The van der Waals surface area contributed by atoms with Gasteiger partial charge in [-0.1, -0.05) is 34.1 Å². The average Bonchev–Trinajstić information content (AvgIpc) is 2.25. The molecule has 0 amide bonds. The van der Waals surface area contributed by atoms with E-state index >= 15 is 0 Å². The molecule has 1 heterocycles. The Kier molecular flexibility index (Phi) is 6.37. The van der Waals surface area contributed by atoms with Crippen molar-refractivity contribution >= 4 is 0 Å². The van der Waals surface area contributed by atoms with Crippen LogP contribution in [-0.2, 0) is 0 Å². The van der Waals surface area contributed by atoms with Gasteiger partial charge in [0.05, 0.1) is 0 Å². The van der Waals surface area contributed by atoms with E-state index in [1.807, 2.05) is 0 Å². The van der Waals surface area contributed by atoms with Gasteiger partial charge in [-0.3, -0.25) is 4.90 Å². The molecule has 96 valence electrons. The van der Waals surface area contributed by atoms with Gasteiger partial charge in [0.25, 0.3) is 0 Å². The Labute approximate surface area is 102 Å². The van der Waals surface area contributed by atoms with Crippen molar-refractivity contribution in [1.29, 1.82) is 0 Å². The second-order valence-corrected chi connectivity index (χ2v) is 5.72. The van der Waals surface area contributed by atoms with E-state index in [4.69, 9.17) is 0 Å². The topological polar surface area (TPSA) is 15.3 Å². The summed E-state index contributed by atoms with van der Waals surface area (Å²) in [5, 5.41) is 3.60. The minimum absolute atomic E-state index is 0.614. The molecule has 0 radical (unpaired) electrons. The summed E-state index contributed by atoms with van der Waals surface area (Å²) in [5.41, 5.74) is 0. The Balaban J connectivity index is 2.36. The first-order valence-electron chi connectivity index (χ1n) is 7.11. The molecule has 0 aromatic heterocycles. The number of nitrogens with zero attached hydrogens (tertiary/aromatic N) is 1. The Bertz CT molecular complexity index is 172. The molecule has 1 N–H and O–H groups in total. The normalized spacial score (nSPS) is 21.6. The summed E-state index contributed by atoms with van der Waals surface area (Å²) in [6, 6.07) is 1.38. The van der Waals surface area contributed by atoms with Crippen molar-refractivity contribution in [1.82, 2.24) is 10.2 Å². The van der Waals surface area contributed by atoms with E-state index in [9.17, 15) is 0 Å². The van der Waals surface area contributed by atoms with Gasteiger partial charge in [-0.05, 0) is 38.3 Å². The van der Waals surface area contributed by atoms with Crippen LogP contribution in [-0.4, -0.2) is 36.6 Å². The second-order valence-electron chi connectivity index (χ2n) is 5.72. The van der Waals surface area contributed by atoms with Gasteiger partial charge < -0.3 is 5.32 Å². The predicted molar refractivity (Wildman–Crippen MR) is 71.8 cm³/mol. The van der Waals surface area contributed by atoms with Gasteiger partial charge in [-0.2, -0.15) is 0 Å². The zero-order valence-electron chi connectivity index (χ0n) is 11.6. The summed E-state index contributed by atoms with van der Waals surface area (Å²) in [5.74, 6) is 0.941. The molecule has 16 heavy (non-hydrogen) atoms. The summed E-state index contributed by atoms with van der Waals surface area (Å²) in [7, 11) is 0. The molecular formula is C14H30N2. The van der Waals surface area contributed by atoms with Gasteiger partial charge in [-0.15, -0.1) is 0 Å². The van der Waals surface area contributed by atoms with Crippen molar-refractivity contribution in [2.45, 2.75) is 65.5 Å². The lowest BCUT2D eigenvalue weighted by atomic mass is 9.97. The zero-order chi connectivity index (χ0) is 12.0. The second kappa shape index (κ2) is 7.29. The highest BCUT2D eigenvalue weighted by Gasteiger charge is 2.22. The smallest absolute Gasteiger partial charge is 0.0220 e. The maximum atomic E-state index is 3.60. The molecule has 2 heteroatoms. The molecule has 0 aliphatic carbocycles. The molecule has 2 nitrogen and oxygen atoms in total. The molecule has 1 atom stereocenters. The Morgan fingerprint density at radius 1 is 1.25 bits per heavy atom. The quantitative estimate of drug-likeness (QED) is 0.749. The fraction of sp³-hybridized carbons (Fsp3) is 1.00. The van der Waals surface area contributed by atoms with Crippen LogP contribution in [0.15, 0.2) is 0 Å². The number of rotatable bonds is 6. The van der Waals surface area contributed by atoms with Gasteiger partial charge in [0.2, 0.25) is 0 Å². The molecule has 0 aromatic carbocycles. The third-order valence-electron chi connectivity index (χ3n) is 3.72. The van der Waals surface area contributed by atoms with Crippen LogP contribution >= 0.6 is 0 Å². The van der Waals surface area contributed by atoms with Crippen molar-refractivity contribution in [3.05, 3.63) is 0 Å². The molecule has 1 fully saturated rings. The molecule has 1 rings (SSSR count). The summed E-state index contributed by atoms with van der Waals surface area (Å²) in [6.45, 7) is 13.0. The van der Waals surface area contributed by atoms with E-state index in [-0.39, 0.29) is 0 Å². The van der Waals surface area contributed by atoms with Crippen LogP contribution in [0.4, 0.5) is 0 Å². The highest BCUT2D eigenvalue weighted by Crippen LogP contribution is 2.19. The van der Waals surface area contributed by atoms with Crippen LogP contribution in [0.3, 0.4) is 0 Å². The first-order valence-corrected chi connectivity index (χ1v) is 7.11. The SMILES string of the molecule is CCCC(CNC(C)C)N1CCC(C)CC1. The third-order valence-corrected chi connectivity index (χ3v) is 3.72. The standard InChI is InChI=1S/C14H30N2/c1-5-6-14(11-15-12(2)3)16-9-7-13(4)8-10-16/h12-15H,5-11H2,1-4H3. The minimum atomic E-state index is 0.614. The van der Waals surface area contributed by atoms with E-state index < -0.39 is 0 Å². The first-order chi connectivity index (χ1) is 7.63. The Morgan fingerprint density at radius 3 is 2.38 bits per heavy atom. The molecule has 0 aromatic rings. The molecule has 1 unspecified atom stereocenters. The third kappa shape index (κ3) is 4.84. The van der Waals surface area contributed by atoms with Gasteiger partial charge in [-0.25, -0.2) is 0 Å². The molecular weight excluding hydrogens is 196 g/mol. The van der Waals surface area contributed by atoms with Crippen LogP contribution in [0.2, 0.25) is 0 Å². The minimum Gasteiger partial charge on any atom is -0.313 e. The molecule has 1 aliphatic rings. The highest BCUT2D eigenvalue weighted by molar-refractivity contribution is 4.79. The summed E-state index contributed by atoms with van der Waals surface area (Å²) >= 11 is 0. The van der Waals surface area contributed by atoms with Crippen molar-refractivity contribution in [3.63, 3.8) is 0 Å². The summed E-state index contributed by atoms with van der Waals surface area (Å²) in [6.07, 6.45) is 5.42. The van der Waals surface area contributed by atoms with Crippen molar-refractivity contribution in [3.8, 4) is 0 Å². The average molecular weight is 226 g/mol. The molecule has 0 bridgehead atoms. The van der Waals surface area contributed by atoms with Crippen LogP contribution in [0, 0.1) is 5.92 Å². The molecule has 1 aliphatic heterocycles. The van der Waals surface area contributed by atoms with E-state index in [1.165, 1.54) is 45.3 Å². The maximum absolute atomic E-state index is 3.60. The lowest BCUT2D eigenvalue weighted by Crippen LogP contribution is -2.47. The van der Waals surface area contributed by atoms with Crippen LogP contribution in [0.1, 0.15) is 53.4 Å². The number of likely N-dealkylation sites (tertiary alicyclic amines) is 1. The van der Waals surface area contributed by atoms with E-state index in [1.54, 1.807) is 0 Å². The van der Waals surface area contributed by atoms with Crippen molar-refractivity contribution < 1.29 is 0 Å². The predicted octanol–water partition coefficient (Wildman–Crippen LogP) is 2.89. The fourth-order valence-corrected chi connectivity index (χ4v) is 2.51. The highest BCUT2D eigenvalue weighted by atomic mass is 15.2. The largest absolute Gasteiger partial charge is 0.313 e. The van der Waals surface area contributed by atoms with E-state index in [0.717, 1.165) is 12.0 Å². The van der Waals surface area contributed by atoms with Crippen LogP contribution in [0.25, 0.3) is 0 Å². The lowest BCUT2D eigenvalue weighted by Gasteiger charge is -2.37. The lowest BCUT2D eigenvalue weighted by molar-refractivity contribution is 0.127. The Hall–Kier alpha value is -0.0800. The number of nitrogens with one attached hydrogen (secondary N) is 1. The van der Waals surface area contributed by atoms with Gasteiger partial charge >= 0.3 is 0 Å². The van der Waals surface area contributed by atoms with Gasteiger partial charge in [0.1, 0.15) is 0 Å². The fourth-order valence-electron chi connectivity index (χ4n) is 2.51. The molecule has 0 spiro atoms. The van der Waals surface area contributed by atoms with Crippen LogP contribution in [0.5, 0.6) is 0 Å². The van der Waals surface area contributed by atoms with E-state index in [0.29, 0.717) is 6.04 Å². The maximum Gasteiger partial charge on any atom is 0.0220 e. The summed E-state index contributed by atoms with van der Waals surface area (Å²) in [4.78, 5) is 2.71. The van der Waals surface area contributed by atoms with Crippen LogP contribution < -0.4 is 5.32 Å². The van der Waals surface area contributed by atoms with Crippen molar-refractivity contribution in [2.24, 2.45) is 5.92 Å². The van der Waals surface area contributed by atoms with Gasteiger partial charge in [0.15, 0.2) is 0 Å². The number of piperidine rings is 1. The molecule has 1 saturated heterocycles. The first kappa shape index (κ1) is 14.0. The zero-order valence-corrected chi connectivity index (χ0v) is 11.6. The summed E-state index contributed by atoms with van der Waals surface area (Å²) < 4.78 is 0. The molecule has 0 saturated carbocycles. The van der Waals surface area contributed by atoms with Gasteiger partial charge in [0, 0.05) is 18.6 Å². The number of hydrogen-bond donors (Lipinski definition) is 1.